The van der Waals surface area contributed by atoms with Gasteiger partial charge in [-0.1, -0.05) is 54.1 Å². The molecule has 38 heavy (non-hydrogen) atoms. The molecule has 1 aliphatic heterocycles. The van der Waals surface area contributed by atoms with Crippen LogP contribution in [0.25, 0.3) is 0 Å². The lowest BCUT2D eigenvalue weighted by Crippen LogP contribution is -2.35. The number of benzene rings is 3. The molecule has 0 bridgehead atoms. The number of halogens is 1. The van der Waals surface area contributed by atoms with E-state index in [1.807, 2.05) is 47.0 Å². The number of para-hydroxylation sites is 1. The van der Waals surface area contributed by atoms with E-state index in [0.717, 1.165) is 36.2 Å². The van der Waals surface area contributed by atoms with E-state index in [-0.39, 0.29) is 24.5 Å². The van der Waals surface area contributed by atoms with Crippen molar-refractivity contribution >= 4 is 29.1 Å². The van der Waals surface area contributed by atoms with Crippen molar-refractivity contribution in [3.05, 3.63) is 118 Å². The van der Waals surface area contributed by atoms with Crippen molar-refractivity contribution in [3.8, 4) is 5.75 Å². The maximum absolute atomic E-state index is 13.5. The van der Waals surface area contributed by atoms with Crippen molar-refractivity contribution < 1.29 is 14.3 Å². The van der Waals surface area contributed by atoms with Gasteiger partial charge in [-0.25, -0.2) is 0 Å². The molecule has 0 spiro atoms. The maximum atomic E-state index is 13.5. The molecule has 0 radical (unpaired) electrons. The topological polar surface area (TPSA) is 63.6 Å². The van der Waals surface area contributed by atoms with Crippen LogP contribution in [0.4, 0.5) is 5.69 Å². The Morgan fingerprint density at radius 2 is 1.66 bits per heavy atom. The Morgan fingerprint density at radius 1 is 0.895 bits per heavy atom. The third kappa shape index (κ3) is 4.79. The van der Waals surface area contributed by atoms with Gasteiger partial charge in [0.25, 0.3) is 11.8 Å². The fourth-order valence-electron chi connectivity index (χ4n) is 5.47. The molecule has 7 heteroatoms. The number of nitrogens with one attached hydrogen (secondary N) is 1. The van der Waals surface area contributed by atoms with Crippen molar-refractivity contribution in [1.82, 2.24) is 9.88 Å². The average molecular weight is 526 g/mol. The zero-order valence-electron chi connectivity index (χ0n) is 20.9. The van der Waals surface area contributed by atoms with Gasteiger partial charge in [-0.2, -0.15) is 0 Å². The normalized spacial score (nSPS) is 16.0. The van der Waals surface area contributed by atoms with Gasteiger partial charge in [0.1, 0.15) is 11.4 Å². The van der Waals surface area contributed by atoms with Gasteiger partial charge in [0.15, 0.2) is 6.61 Å². The Labute approximate surface area is 226 Å². The minimum Gasteiger partial charge on any atom is -0.484 e. The van der Waals surface area contributed by atoms with Crippen LogP contribution in [0.15, 0.2) is 84.9 Å². The van der Waals surface area contributed by atoms with Gasteiger partial charge in [0.2, 0.25) is 0 Å². The third-order valence-electron chi connectivity index (χ3n) is 7.39. The number of anilines is 1. The first kappa shape index (κ1) is 24.3. The molecule has 4 aromatic rings. The second-order valence-corrected chi connectivity index (χ2v) is 10.2. The van der Waals surface area contributed by atoms with E-state index in [1.165, 1.54) is 11.1 Å². The Kier molecular flexibility index (Phi) is 6.64. The molecule has 192 valence electrons. The number of fused-ring (bicyclic) bond motifs is 3. The number of carbonyl (C=O) groups is 2. The van der Waals surface area contributed by atoms with Crippen LogP contribution in [-0.2, 0) is 24.3 Å². The Balaban J connectivity index is 1.24. The number of carbonyl (C=O) groups excluding carboxylic acids is 2. The highest BCUT2D eigenvalue weighted by molar-refractivity contribution is 6.30. The molecule has 1 aromatic heterocycles. The zero-order valence-corrected chi connectivity index (χ0v) is 21.7. The molecule has 0 saturated carbocycles. The molecule has 6 rings (SSSR count). The second-order valence-electron chi connectivity index (χ2n) is 9.76. The summed E-state index contributed by atoms with van der Waals surface area (Å²) in [7, 11) is 0. The highest BCUT2D eigenvalue weighted by Crippen LogP contribution is 2.32. The number of aryl methyl sites for hydroxylation is 1. The second kappa shape index (κ2) is 10.4. The average Bonchev–Trinajstić information content (AvgIpc) is 3.26. The molecular weight excluding hydrogens is 498 g/mol. The highest BCUT2D eigenvalue weighted by Gasteiger charge is 2.28. The molecule has 1 atom stereocenters. The van der Waals surface area contributed by atoms with E-state index in [2.05, 4.69) is 23.5 Å². The molecule has 2 amide bonds. The van der Waals surface area contributed by atoms with E-state index >= 15 is 0 Å². The molecule has 0 fully saturated rings. The predicted molar refractivity (Wildman–Crippen MR) is 148 cm³/mol. The SMILES string of the molecule is O=C(NC1CCCc2ccccc21)c1ccc2n1Cc1ccccc1N(C(=O)COc1ccc(Cl)cc1)C2. The van der Waals surface area contributed by atoms with Gasteiger partial charge >= 0.3 is 0 Å². The fourth-order valence-corrected chi connectivity index (χ4v) is 5.60. The number of hydrogen-bond donors (Lipinski definition) is 1. The van der Waals surface area contributed by atoms with Crippen LogP contribution >= 0.6 is 11.6 Å². The fraction of sp³-hybridized carbons (Fsp3) is 0.226. The summed E-state index contributed by atoms with van der Waals surface area (Å²) in [5.41, 5.74) is 5.81. The van der Waals surface area contributed by atoms with Crippen molar-refractivity contribution in [3.63, 3.8) is 0 Å². The van der Waals surface area contributed by atoms with Crippen molar-refractivity contribution in [2.24, 2.45) is 0 Å². The van der Waals surface area contributed by atoms with Crippen LogP contribution in [0, 0.1) is 0 Å². The van der Waals surface area contributed by atoms with Gasteiger partial charge in [-0.3, -0.25) is 9.59 Å². The zero-order chi connectivity index (χ0) is 26.1. The Hall–Kier alpha value is -4.03. The lowest BCUT2D eigenvalue weighted by molar-refractivity contribution is -0.120. The van der Waals surface area contributed by atoms with E-state index in [0.29, 0.717) is 29.6 Å². The smallest absolute Gasteiger partial charge is 0.268 e. The highest BCUT2D eigenvalue weighted by atomic mass is 35.5. The first-order valence-electron chi connectivity index (χ1n) is 12.9. The standard InChI is InChI=1S/C31H28ClN3O3/c32-23-12-15-25(16-13-23)38-20-30(36)35-19-24-14-17-29(34(24)18-22-7-2-4-11-28(22)35)31(37)33-27-10-5-8-21-6-1-3-9-26(21)27/h1-4,6-7,9,11-17,27H,5,8,10,18-20H2,(H,33,37). The molecule has 1 N–H and O–H groups in total. The molecule has 1 aliphatic carbocycles. The summed E-state index contributed by atoms with van der Waals surface area (Å²) in [6.07, 6.45) is 3.03. The first-order valence-corrected chi connectivity index (χ1v) is 13.3. The van der Waals surface area contributed by atoms with Crippen LogP contribution < -0.4 is 15.0 Å². The third-order valence-corrected chi connectivity index (χ3v) is 7.64. The van der Waals surface area contributed by atoms with E-state index in [1.54, 1.807) is 29.2 Å². The number of nitrogens with zero attached hydrogens (tertiary/aromatic N) is 2. The number of ether oxygens (including phenoxy) is 1. The monoisotopic (exact) mass is 525 g/mol. The van der Waals surface area contributed by atoms with Crippen LogP contribution in [-0.4, -0.2) is 23.0 Å². The van der Waals surface area contributed by atoms with E-state index in [4.69, 9.17) is 16.3 Å². The molecule has 2 aliphatic rings. The molecular formula is C31H28ClN3O3. The summed E-state index contributed by atoms with van der Waals surface area (Å²) in [5, 5.41) is 3.89. The quantitative estimate of drug-likeness (QED) is 0.351. The largest absolute Gasteiger partial charge is 0.484 e. The predicted octanol–water partition coefficient (Wildman–Crippen LogP) is 5.92. The lowest BCUT2D eigenvalue weighted by atomic mass is 9.87. The minimum absolute atomic E-state index is 0.000225. The van der Waals surface area contributed by atoms with Gasteiger partial charge in [-0.05, 0) is 78.4 Å². The van der Waals surface area contributed by atoms with Gasteiger partial charge in [0.05, 0.1) is 19.1 Å². The molecule has 2 heterocycles. The molecule has 0 saturated heterocycles. The van der Waals surface area contributed by atoms with E-state index < -0.39 is 0 Å². The van der Waals surface area contributed by atoms with Crippen LogP contribution in [0.3, 0.4) is 0 Å². The van der Waals surface area contributed by atoms with Crippen LogP contribution in [0.1, 0.15) is 51.8 Å². The number of hydrogen-bond acceptors (Lipinski definition) is 3. The lowest BCUT2D eigenvalue weighted by Gasteiger charge is -2.26. The Bertz CT molecular complexity index is 1490. The summed E-state index contributed by atoms with van der Waals surface area (Å²) in [4.78, 5) is 28.6. The molecule has 1 unspecified atom stereocenters. The van der Waals surface area contributed by atoms with Gasteiger partial charge in [-0.15, -0.1) is 0 Å². The number of rotatable bonds is 5. The summed E-state index contributed by atoms with van der Waals surface area (Å²) < 4.78 is 7.78. The molecule has 6 nitrogen and oxygen atoms in total. The first-order chi connectivity index (χ1) is 18.6. The summed E-state index contributed by atoms with van der Waals surface area (Å²) in [6.45, 7) is 0.745. The number of amides is 2. The Morgan fingerprint density at radius 3 is 2.50 bits per heavy atom. The summed E-state index contributed by atoms with van der Waals surface area (Å²) >= 11 is 5.96. The van der Waals surface area contributed by atoms with Gasteiger partial charge < -0.3 is 19.5 Å². The number of aromatic nitrogens is 1. The van der Waals surface area contributed by atoms with Crippen LogP contribution in [0.2, 0.25) is 5.02 Å². The van der Waals surface area contributed by atoms with Crippen molar-refractivity contribution in [1.29, 1.82) is 0 Å². The van der Waals surface area contributed by atoms with Gasteiger partial charge in [0, 0.05) is 16.4 Å². The van der Waals surface area contributed by atoms with Crippen LogP contribution in [0.5, 0.6) is 5.75 Å². The van der Waals surface area contributed by atoms with Crippen molar-refractivity contribution in [2.75, 3.05) is 11.5 Å². The minimum atomic E-state index is -0.160. The van der Waals surface area contributed by atoms with E-state index in [9.17, 15) is 9.59 Å². The summed E-state index contributed by atoms with van der Waals surface area (Å²) in [6, 6.07) is 26.9. The summed E-state index contributed by atoms with van der Waals surface area (Å²) in [5.74, 6) is 0.325. The molecule has 3 aromatic carbocycles. The van der Waals surface area contributed by atoms with Crippen molar-refractivity contribution in [2.45, 2.75) is 38.4 Å². The maximum Gasteiger partial charge on any atom is 0.268 e.